The summed E-state index contributed by atoms with van der Waals surface area (Å²) in [6, 6.07) is 0. The van der Waals surface area contributed by atoms with Crippen LogP contribution in [0.3, 0.4) is 0 Å². The van der Waals surface area contributed by atoms with Crippen molar-refractivity contribution < 1.29 is 25.2 Å². The van der Waals surface area contributed by atoms with Gasteiger partial charge in [-0.25, -0.2) is 0 Å². The van der Waals surface area contributed by atoms with Crippen LogP contribution in [0.2, 0.25) is 0 Å². The van der Waals surface area contributed by atoms with E-state index in [1.807, 2.05) is 0 Å². The minimum atomic E-state index is -1.43. The number of hydrogen-bond donors (Lipinski definition) is 5. The van der Waals surface area contributed by atoms with Crippen LogP contribution >= 0.6 is 12.6 Å². The highest BCUT2D eigenvalue weighted by molar-refractivity contribution is 7.80. The molecule has 1 heterocycles. The van der Waals surface area contributed by atoms with Crippen molar-refractivity contribution in [1.82, 2.24) is 0 Å². The van der Waals surface area contributed by atoms with E-state index in [2.05, 4.69) is 12.6 Å². The van der Waals surface area contributed by atoms with Gasteiger partial charge in [0.05, 0.1) is 6.10 Å². The van der Waals surface area contributed by atoms with Gasteiger partial charge in [0.2, 0.25) is 0 Å². The Kier molecular flexibility index (Phi) is 3.33. The van der Waals surface area contributed by atoms with Gasteiger partial charge in [0.1, 0.15) is 18.3 Å². The molecule has 4 N–H and O–H groups in total. The van der Waals surface area contributed by atoms with E-state index in [4.69, 9.17) is 14.9 Å². The van der Waals surface area contributed by atoms with Crippen LogP contribution in [0.1, 0.15) is 0 Å². The Morgan fingerprint density at radius 3 is 2.17 bits per heavy atom. The van der Waals surface area contributed by atoms with E-state index in [0.29, 0.717) is 0 Å². The first-order chi connectivity index (χ1) is 5.57. The lowest BCUT2D eigenvalue weighted by Gasteiger charge is -2.18. The molecule has 5 atom stereocenters. The number of ether oxygens (including phenoxy) is 1. The van der Waals surface area contributed by atoms with Crippen LogP contribution in [0.5, 0.6) is 0 Å². The maximum atomic E-state index is 9.20. The van der Waals surface area contributed by atoms with Gasteiger partial charge in [-0.15, -0.1) is 0 Å². The van der Waals surface area contributed by atoms with Crippen molar-refractivity contribution in [2.45, 2.75) is 30.7 Å². The van der Waals surface area contributed by atoms with Crippen molar-refractivity contribution in [2.24, 2.45) is 0 Å². The summed E-state index contributed by atoms with van der Waals surface area (Å²) < 4.78 is 4.70. The van der Waals surface area contributed by atoms with Gasteiger partial charge in [0.15, 0.2) is 6.29 Å². The zero-order valence-corrected chi connectivity index (χ0v) is 7.13. The molecule has 0 bridgehead atoms. The minimum Gasteiger partial charge on any atom is -0.389 e. The zero-order chi connectivity index (χ0) is 9.30. The highest BCUT2D eigenvalue weighted by Crippen LogP contribution is 2.22. The minimum absolute atomic E-state index is 0.0984. The second kappa shape index (κ2) is 3.91. The van der Waals surface area contributed by atoms with Gasteiger partial charge in [-0.3, -0.25) is 0 Å². The van der Waals surface area contributed by atoms with Gasteiger partial charge in [0, 0.05) is 5.75 Å². The average molecular weight is 196 g/mol. The molecule has 0 aromatic heterocycles. The van der Waals surface area contributed by atoms with E-state index in [0.717, 1.165) is 0 Å². The summed E-state index contributed by atoms with van der Waals surface area (Å²) in [6.45, 7) is 0. The highest BCUT2D eigenvalue weighted by atomic mass is 32.1. The first-order valence-electron chi connectivity index (χ1n) is 3.56. The van der Waals surface area contributed by atoms with Crippen molar-refractivity contribution in [3.05, 3.63) is 0 Å². The van der Waals surface area contributed by atoms with Crippen molar-refractivity contribution >= 4 is 12.6 Å². The quantitative estimate of drug-likeness (QED) is 0.321. The standard InChI is InChI=1S/C6H12O5S/c7-2(1-12)5-3(8)4(9)6(10)11-5/h2-10,12H,1H2/t2-,3?,4?,5-,6+/m1/s1. The maximum absolute atomic E-state index is 9.20. The molecule has 1 aliphatic heterocycles. The summed E-state index contributed by atoms with van der Waals surface area (Å²) in [7, 11) is 0. The highest BCUT2D eigenvalue weighted by Gasteiger charge is 2.44. The second-order valence-electron chi connectivity index (χ2n) is 2.72. The van der Waals surface area contributed by atoms with Crippen LogP contribution in [0.4, 0.5) is 0 Å². The maximum Gasteiger partial charge on any atom is 0.184 e. The largest absolute Gasteiger partial charge is 0.389 e. The molecule has 5 nitrogen and oxygen atoms in total. The van der Waals surface area contributed by atoms with Crippen molar-refractivity contribution in [1.29, 1.82) is 0 Å². The van der Waals surface area contributed by atoms with Crippen molar-refractivity contribution in [3.63, 3.8) is 0 Å². The lowest BCUT2D eigenvalue weighted by molar-refractivity contribution is -0.142. The van der Waals surface area contributed by atoms with Gasteiger partial charge in [0.25, 0.3) is 0 Å². The SMILES string of the molecule is OC1C(O)[C@@H]([C@H](O)CS)O[C@@H]1O. The Balaban J connectivity index is 2.58. The van der Waals surface area contributed by atoms with E-state index >= 15 is 0 Å². The Hall–Kier alpha value is 0.150. The van der Waals surface area contributed by atoms with E-state index < -0.39 is 30.7 Å². The van der Waals surface area contributed by atoms with Gasteiger partial charge >= 0.3 is 0 Å². The van der Waals surface area contributed by atoms with Gasteiger partial charge in [-0.1, -0.05) is 0 Å². The molecule has 0 aromatic carbocycles. The molecule has 1 saturated heterocycles. The molecule has 0 spiro atoms. The Morgan fingerprint density at radius 2 is 1.83 bits per heavy atom. The molecule has 1 rings (SSSR count). The Morgan fingerprint density at radius 1 is 1.25 bits per heavy atom. The van der Waals surface area contributed by atoms with Gasteiger partial charge in [-0.2, -0.15) is 12.6 Å². The molecule has 6 heteroatoms. The average Bonchev–Trinajstić information content (AvgIpc) is 2.32. The number of aliphatic hydroxyl groups excluding tert-OH is 4. The molecule has 2 unspecified atom stereocenters. The van der Waals surface area contributed by atoms with Crippen LogP contribution < -0.4 is 0 Å². The molecule has 12 heavy (non-hydrogen) atoms. The van der Waals surface area contributed by atoms with Crippen LogP contribution in [0.25, 0.3) is 0 Å². The summed E-state index contributed by atoms with van der Waals surface area (Å²) >= 11 is 3.79. The predicted molar refractivity (Wildman–Crippen MR) is 42.8 cm³/mol. The molecule has 0 radical (unpaired) electrons. The molecule has 0 aromatic rings. The summed E-state index contributed by atoms with van der Waals surface area (Å²) in [5.74, 6) is 0.0984. The Bertz CT molecular complexity index is 155. The fourth-order valence-electron chi connectivity index (χ4n) is 1.11. The van der Waals surface area contributed by atoms with Gasteiger partial charge in [-0.05, 0) is 0 Å². The molecule has 72 valence electrons. The lowest BCUT2D eigenvalue weighted by Crippen LogP contribution is -2.39. The molecular weight excluding hydrogens is 184 g/mol. The number of hydrogen-bond acceptors (Lipinski definition) is 6. The number of rotatable bonds is 2. The second-order valence-corrected chi connectivity index (χ2v) is 3.09. The van der Waals surface area contributed by atoms with Crippen LogP contribution in [0.15, 0.2) is 0 Å². The van der Waals surface area contributed by atoms with Crippen molar-refractivity contribution in [3.8, 4) is 0 Å². The number of thiol groups is 1. The molecular formula is C6H12O5S. The smallest absolute Gasteiger partial charge is 0.184 e. The first-order valence-corrected chi connectivity index (χ1v) is 4.19. The first kappa shape index (κ1) is 10.2. The van der Waals surface area contributed by atoms with E-state index in [1.54, 1.807) is 0 Å². The predicted octanol–water partition coefficient (Wildman–Crippen LogP) is -2.28. The van der Waals surface area contributed by atoms with Crippen LogP contribution in [-0.4, -0.2) is 56.9 Å². The normalized spacial score (nSPS) is 44.8. The van der Waals surface area contributed by atoms with Crippen molar-refractivity contribution in [2.75, 3.05) is 5.75 Å². The Labute approximate surface area is 75.0 Å². The van der Waals surface area contributed by atoms with Crippen LogP contribution in [-0.2, 0) is 4.74 Å². The van der Waals surface area contributed by atoms with Gasteiger partial charge < -0.3 is 25.2 Å². The summed E-state index contributed by atoms with van der Waals surface area (Å²) in [5, 5.41) is 36.3. The van der Waals surface area contributed by atoms with Crippen LogP contribution in [0, 0.1) is 0 Å². The zero-order valence-electron chi connectivity index (χ0n) is 6.24. The van der Waals surface area contributed by atoms with E-state index in [-0.39, 0.29) is 5.75 Å². The third-order valence-corrected chi connectivity index (χ3v) is 2.22. The van der Waals surface area contributed by atoms with E-state index in [1.165, 1.54) is 0 Å². The fourth-order valence-corrected chi connectivity index (χ4v) is 1.31. The number of aliphatic hydroxyl groups is 4. The third-order valence-electron chi connectivity index (χ3n) is 1.84. The summed E-state index contributed by atoms with van der Waals surface area (Å²) in [5.41, 5.74) is 0. The molecule has 0 saturated carbocycles. The molecule has 1 aliphatic rings. The van der Waals surface area contributed by atoms with E-state index in [9.17, 15) is 10.2 Å². The topological polar surface area (TPSA) is 90.2 Å². The third kappa shape index (κ3) is 1.73. The summed E-state index contributed by atoms with van der Waals surface area (Å²) in [6.07, 6.45) is -6.01. The molecule has 0 aliphatic carbocycles. The molecule has 1 fully saturated rings. The fraction of sp³-hybridized carbons (Fsp3) is 1.00. The summed E-state index contributed by atoms with van der Waals surface area (Å²) in [4.78, 5) is 0. The molecule has 0 amide bonds. The monoisotopic (exact) mass is 196 g/mol. The lowest BCUT2D eigenvalue weighted by atomic mass is 10.1.